The number of para-hydroxylation sites is 1. The molecular formula is C14H14N2O3. The Bertz CT molecular complexity index is 647. The largest absolute Gasteiger partial charge is 0.389 e. The number of anilines is 1. The van der Waals surface area contributed by atoms with E-state index in [0.717, 1.165) is 0 Å². The van der Waals surface area contributed by atoms with E-state index in [2.05, 4.69) is 10.3 Å². The van der Waals surface area contributed by atoms with Crippen molar-refractivity contribution >= 4 is 11.6 Å². The van der Waals surface area contributed by atoms with Crippen molar-refractivity contribution in [2.75, 3.05) is 5.32 Å². The van der Waals surface area contributed by atoms with Crippen molar-refractivity contribution in [2.45, 2.75) is 13.0 Å². The predicted molar refractivity (Wildman–Crippen MR) is 72.1 cm³/mol. The Morgan fingerprint density at radius 3 is 2.74 bits per heavy atom. The van der Waals surface area contributed by atoms with E-state index in [-0.39, 0.29) is 11.0 Å². The SMILES string of the molecule is CC(O)c1ccccc1NC(=O)c1c[nH]ccc1=O. The molecule has 0 saturated carbocycles. The number of benzene rings is 1. The number of nitrogens with one attached hydrogen (secondary N) is 2. The van der Waals surface area contributed by atoms with Crippen molar-refractivity contribution in [2.24, 2.45) is 0 Å². The number of aromatic nitrogens is 1. The summed E-state index contributed by atoms with van der Waals surface area (Å²) in [6.45, 7) is 1.61. The van der Waals surface area contributed by atoms with Crippen LogP contribution >= 0.6 is 0 Å². The molecular weight excluding hydrogens is 244 g/mol. The van der Waals surface area contributed by atoms with E-state index < -0.39 is 12.0 Å². The number of rotatable bonds is 3. The van der Waals surface area contributed by atoms with Gasteiger partial charge in [0.2, 0.25) is 0 Å². The second-order valence-corrected chi connectivity index (χ2v) is 4.14. The summed E-state index contributed by atoms with van der Waals surface area (Å²) >= 11 is 0. The van der Waals surface area contributed by atoms with Gasteiger partial charge in [-0.1, -0.05) is 18.2 Å². The number of aromatic amines is 1. The number of aliphatic hydroxyl groups is 1. The highest BCUT2D eigenvalue weighted by Crippen LogP contribution is 2.22. The Kier molecular flexibility index (Phi) is 3.77. The molecule has 1 atom stereocenters. The van der Waals surface area contributed by atoms with Crippen molar-refractivity contribution < 1.29 is 9.90 Å². The molecule has 0 aliphatic heterocycles. The van der Waals surface area contributed by atoms with E-state index in [9.17, 15) is 14.7 Å². The average molecular weight is 258 g/mol. The number of hydrogen-bond donors (Lipinski definition) is 3. The molecule has 98 valence electrons. The lowest BCUT2D eigenvalue weighted by atomic mass is 10.1. The summed E-state index contributed by atoms with van der Waals surface area (Å²) in [7, 11) is 0. The third kappa shape index (κ3) is 2.89. The van der Waals surface area contributed by atoms with Gasteiger partial charge >= 0.3 is 0 Å². The Morgan fingerprint density at radius 1 is 1.32 bits per heavy atom. The molecule has 1 amide bonds. The second-order valence-electron chi connectivity index (χ2n) is 4.14. The van der Waals surface area contributed by atoms with Gasteiger partial charge in [-0.2, -0.15) is 0 Å². The van der Waals surface area contributed by atoms with Crippen LogP contribution in [-0.4, -0.2) is 16.0 Å². The van der Waals surface area contributed by atoms with Crippen LogP contribution in [0, 0.1) is 0 Å². The first kappa shape index (κ1) is 13.0. The Hall–Kier alpha value is -2.40. The molecule has 2 aromatic rings. The normalized spacial score (nSPS) is 11.9. The van der Waals surface area contributed by atoms with Crippen LogP contribution in [0.4, 0.5) is 5.69 Å². The molecule has 1 heterocycles. The Labute approximate surface area is 109 Å². The summed E-state index contributed by atoms with van der Waals surface area (Å²) < 4.78 is 0. The third-order valence-electron chi connectivity index (χ3n) is 2.73. The van der Waals surface area contributed by atoms with E-state index in [1.165, 1.54) is 18.5 Å². The van der Waals surface area contributed by atoms with Crippen LogP contribution in [0.1, 0.15) is 28.9 Å². The first-order valence-electron chi connectivity index (χ1n) is 5.85. The highest BCUT2D eigenvalue weighted by Gasteiger charge is 2.13. The lowest BCUT2D eigenvalue weighted by molar-refractivity contribution is 0.102. The molecule has 0 bridgehead atoms. The zero-order valence-electron chi connectivity index (χ0n) is 10.4. The lowest BCUT2D eigenvalue weighted by Gasteiger charge is -2.12. The number of H-pyrrole nitrogens is 1. The van der Waals surface area contributed by atoms with Gasteiger partial charge in [0.1, 0.15) is 5.56 Å². The van der Waals surface area contributed by atoms with Gasteiger partial charge in [-0.25, -0.2) is 0 Å². The van der Waals surface area contributed by atoms with Crippen LogP contribution < -0.4 is 10.7 Å². The van der Waals surface area contributed by atoms with Crippen LogP contribution in [-0.2, 0) is 0 Å². The Balaban J connectivity index is 2.30. The summed E-state index contributed by atoms with van der Waals surface area (Å²) in [4.78, 5) is 26.2. The van der Waals surface area contributed by atoms with E-state index in [4.69, 9.17) is 0 Å². The summed E-state index contributed by atoms with van der Waals surface area (Å²) in [5, 5.41) is 12.3. The molecule has 1 aromatic heterocycles. The first-order chi connectivity index (χ1) is 9.09. The number of amides is 1. The molecule has 0 aliphatic rings. The number of hydrogen-bond acceptors (Lipinski definition) is 3. The fraction of sp³-hybridized carbons (Fsp3) is 0.143. The molecule has 0 saturated heterocycles. The highest BCUT2D eigenvalue weighted by molar-refractivity contribution is 6.04. The quantitative estimate of drug-likeness (QED) is 0.783. The van der Waals surface area contributed by atoms with Gasteiger partial charge in [0, 0.05) is 29.7 Å². The van der Waals surface area contributed by atoms with Crippen molar-refractivity contribution in [3.8, 4) is 0 Å². The molecule has 0 aliphatic carbocycles. The highest BCUT2D eigenvalue weighted by atomic mass is 16.3. The van der Waals surface area contributed by atoms with Crippen molar-refractivity contribution in [1.82, 2.24) is 4.98 Å². The van der Waals surface area contributed by atoms with E-state index >= 15 is 0 Å². The average Bonchev–Trinajstić information content (AvgIpc) is 2.39. The molecule has 5 nitrogen and oxygen atoms in total. The van der Waals surface area contributed by atoms with Crippen LogP contribution in [0.15, 0.2) is 47.5 Å². The maximum atomic E-state index is 12.0. The monoisotopic (exact) mass is 258 g/mol. The van der Waals surface area contributed by atoms with Crippen molar-refractivity contribution in [3.05, 3.63) is 64.1 Å². The Morgan fingerprint density at radius 2 is 2.05 bits per heavy atom. The predicted octanol–water partition coefficient (Wildman–Crippen LogP) is 1.68. The van der Waals surface area contributed by atoms with Gasteiger partial charge in [-0.05, 0) is 13.0 Å². The summed E-state index contributed by atoms with van der Waals surface area (Å²) in [6.07, 6.45) is 2.11. The molecule has 1 unspecified atom stereocenters. The number of aliphatic hydroxyl groups excluding tert-OH is 1. The van der Waals surface area contributed by atoms with Gasteiger partial charge in [0.05, 0.1) is 6.10 Å². The smallest absolute Gasteiger partial charge is 0.261 e. The molecule has 5 heteroatoms. The van der Waals surface area contributed by atoms with Gasteiger partial charge < -0.3 is 15.4 Å². The number of pyridine rings is 1. The minimum Gasteiger partial charge on any atom is -0.389 e. The molecule has 0 fully saturated rings. The van der Waals surface area contributed by atoms with Crippen LogP contribution in [0.2, 0.25) is 0 Å². The lowest BCUT2D eigenvalue weighted by Crippen LogP contribution is -2.21. The summed E-state index contributed by atoms with van der Waals surface area (Å²) in [5.74, 6) is -0.505. The van der Waals surface area contributed by atoms with Gasteiger partial charge in [-0.15, -0.1) is 0 Å². The van der Waals surface area contributed by atoms with Gasteiger partial charge in [-0.3, -0.25) is 9.59 Å². The summed E-state index contributed by atoms with van der Waals surface area (Å²) in [6, 6.07) is 8.20. The number of carbonyl (C=O) groups is 1. The second kappa shape index (κ2) is 5.49. The maximum absolute atomic E-state index is 12.0. The van der Waals surface area contributed by atoms with Crippen LogP contribution in [0.5, 0.6) is 0 Å². The molecule has 0 radical (unpaired) electrons. The van der Waals surface area contributed by atoms with Crippen LogP contribution in [0.25, 0.3) is 0 Å². The molecule has 2 rings (SSSR count). The van der Waals surface area contributed by atoms with Crippen molar-refractivity contribution in [3.63, 3.8) is 0 Å². The maximum Gasteiger partial charge on any atom is 0.261 e. The van der Waals surface area contributed by atoms with E-state index in [1.807, 2.05) is 0 Å². The number of carbonyl (C=O) groups excluding carboxylic acids is 1. The van der Waals surface area contributed by atoms with Gasteiger partial charge in [0.15, 0.2) is 5.43 Å². The fourth-order valence-corrected chi connectivity index (χ4v) is 1.76. The topological polar surface area (TPSA) is 82.2 Å². The third-order valence-corrected chi connectivity index (χ3v) is 2.73. The summed E-state index contributed by atoms with van der Waals surface area (Å²) in [5.41, 5.74) is 0.766. The van der Waals surface area contributed by atoms with Gasteiger partial charge in [0.25, 0.3) is 5.91 Å². The van der Waals surface area contributed by atoms with E-state index in [0.29, 0.717) is 11.3 Å². The molecule has 1 aromatic carbocycles. The van der Waals surface area contributed by atoms with Crippen molar-refractivity contribution in [1.29, 1.82) is 0 Å². The fourth-order valence-electron chi connectivity index (χ4n) is 1.76. The minimum atomic E-state index is -0.703. The standard InChI is InChI=1S/C14H14N2O3/c1-9(17)10-4-2-3-5-12(10)16-14(19)11-8-15-7-6-13(11)18/h2-9,17H,1H3,(H,15,18)(H,16,19). The molecule has 0 spiro atoms. The van der Waals surface area contributed by atoms with E-state index in [1.54, 1.807) is 31.2 Å². The van der Waals surface area contributed by atoms with Crippen LogP contribution in [0.3, 0.4) is 0 Å². The molecule has 3 N–H and O–H groups in total. The first-order valence-corrected chi connectivity index (χ1v) is 5.85. The zero-order valence-corrected chi connectivity index (χ0v) is 10.4. The molecule has 19 heavy (non-hydrogen) atoms. The zero-order chi connectivity index (χ0) is 13.8. The minimum absolute atomic E-state index is 0.0305.